The molecule has 0 N–H and O–H groups in total. The van der Waals surface area contributed by atoms with Gasteiger partial charge in [-0.15, -0.1) is 11.3 Å². The van der Waals surface area contributed by atoms with Crippen LogP contribution in [0.15, 0.2) is 60.1 Å². The quantitative estimate of drug-likeness (QED) is 0.226. The molecule has 3 atom stereocenters. The van der Waals surface area contributed by atoms with Crippen LogP contribution in [0.2, 0.25) is 0 Å². The molecule has 226 valence electrons. The number of hydrogen-bond acceptors (Lipinski definition) is 7. The van der Waals surface area contributed by atoms with E-state index in [4.69, 9.17) is 14.2 Å². The second-order valence-corrected chi connectivity index (χ2v) is 13.4. The molecule has 0 saturated carbocycles. The second kappa shape index (κ2) is 13.4. The van der Waals surface area contributed by atoms with Crippen molar-refractivity contribution >= 4 is 23.2 Å². The van der Waals surface area contributed by atoms with Gasteiger partial charge in [0.2, 0.25) is 0 Å². The summed E-state index contributed by atoms with van der Waals surface area (Å²) in [5, 5.41) is 2.68. The first-order valence-electron chi connectivity index (χ1n) is 14.7. The number of hydrogen-bond donors (Lipinski definition) is 0. The average molecular weight is 593 g/mol. The molecule has 2 aromatic carbocycles. The first-order valence-corrected chi connectivity index (χ1v) is 15.6. The summed E-state index contributed by atoms with van der Waals surface area (Å²) in [7, 11) is 1.62. The highest BCUT2D eigenvalue weighted by Gasteiger charge is 2.60. The maximum Gasteiger partial charge on any atom is 0.332 e. The van der Waals surface area contributed by atoms with Crippen molar-refractivity contribution in [2.24, 2.45) is 11.8 Å². The Morgan fingerprint density at radius 3 is 2.48 bits per heavy atom. The van der Waals surface area contributed by atoms with E-state index in [0.717, 1.165) is 16.1 Å². The van der Waals surface area contributed by atoms with Crippen molar-refractivity contribution in [1.82, 2.24) is 9.88 Å². The minimum atomic E-state index is -1.26. The SMILES string of the molecule is CCOCC1CC(Cc2ccccc2)(C(=O)OCC(C)C)N(C(=O)c2ccc(C(C)(C)C)c(OC)c2)C1c1nccs1. The van der Waals surface area contributed by atoms with Gasteiger partial charge in [0.1, 0.15) is 16.3 Å². The number of rotatable bonds is 11. The van der Waals surface area contributed by atoms with E-state index in [1.54, 1.807) is 24.3 Å². The van der Waals surface area contributed by atoms with Crippen LogP contribution < -0.4 is 4.74 Å². The third kappa shape index (κ3) is 6.70. The van der Waals surface area contributed by atoms with Gasteiger partial charge in [0.15, 0.2) is 0 Å². The largest absolute Gasteiger partial charge is 0.496 e. The molecule has 3 aromatic rings. The molecule has 1 aromatic heterocycles. The molecule has 1 aliphatic heterocycles. The molecule has 7 nitrogen and oxygen atoms in total. The van der Waals surface area contributed by atoms with Gasteiger partial charge in [-0.3, -0.25) is 4.79 Å². The molecule has 3 unspecified atom stereocenters. The topological polar surface area (TPSA) is 78.0 Å². The van der Waals surface area contributed by atoms with Gasteiger partial charge in [-0.25, -0.2) is 9.78 Å². The van der Waals surface area contributed by atoms with Crippen molar-refractivity contribution in [2.75, 3.05) is 26.9 Å². The van der Waals surface area contributed by atoms with Crippen molar-refractivity contribution in [1.29, 1.82) is 0 Å². The Bertz CT molecular complexity index is 1340. The minimum Gasteiger partial charge on any atom is -0.496 e. The van der Waals surface area contributed by atoms with Crippen molar-refractivity contribution in [3.05, 3.63) is 81.8 Å². The van der Waals surface area contributed by atoms with Crippen LogP contribution in [0, 0.1) is 11.8 Å². The standard InChI is InChI=1S/C34H44N2O5S/c1-8-40-22-26-20-34(32(38)41-21-23(2)3,19-24-12-10-9-11-13-24)36(29(26)30-35-16-17-42-30)31(37)25-14-15-27(33(4,5)6)28(18-25)39-7/h9-18,23,26,29H,8,19-22H2,1-7H3. The zero-order valence-corrected chi connectivity index (χ0v) is 26.7. The summed E-state index contributed by atoms with van der Waals surface area (Å²) in [6.07, 6.45) is 2.46. The first kappa shape index (κ1) is 31.7. The van der Waals surface area contributed by atoms with E-state index in [1.165, 1.54) is 11.3 Å². The summed E-state index contributed by atoms with van der Waals surface area (Å²) in [4.78, 5) is 35.6. The van der Waals surface area contributed by atoms with Gasteiger partial charge in [0, 0.05) is 36.1 Å². The normalized spacial score (nSPS) is 20.6. The van der Waals surface area contributed by atoms with Crippen LogP contribution in [0.5, 0.6) is 5.75 Å². The number of nitrogens with zero attached hydrogens (tertiary/aromatic N) is 2. The predicted molar refractivity (Wildman–Crippen MR) is 166 cm³/mol. The highest BCUT2D eigenvalue weighted by Crippen LogP contribution is 2.50. The summed E-state index contributed by atoms with van der Waals surface area (Å²) in [5.74, 6) is -0.0274. The van der Waals surface area contributed by atoms with Crippen LogP contribution in [-0.4, -0.2) is 54.2 Å². The van der Waals surface area contributed by atoms with Crippen LogP contribution in [0.25, 0.3) is 0 Å². The first-order chi connectivity index (χ1) is 20.0. The monoisotopic (exact) mass is 592 g/mol. The number of ether oxygens (including phenoxy) is 3. The molecular formula is C34H44N2O5S. The van der Waals surface area contributed by atoms with Crippen LogP contribution in [0.3, 0.4) is 0 Å². The highest BCUT2D eigenvalue weighted by molar-refractivity contribution is 7.09. The van der Waals surface area contributed by atoms with Crippen molar-refractivity contribution in [3.63, 3.8) is 0 Å². The molecule has 0 bridgehead atoms. The zero-order chi connectivity index (χ0) is 30.5. The summed E-state index contributed by atoms with van der Waals surface area (Å²) >= 11 is 1.49. The van der Waals surface area contributed by atoms with Crippen LogP contribution >= 0.6 is 11.3 Å². The molecule has 1 aliphatic rings. The number of carbonyl (C=O) groups is 2. The smallest absolute Gasteiger partial charge is 0.332 e. The van der Waals surface area contributed by atoms with Crippen LogP contribution in [-0.2, 0) is 26.1 Å². The molecular weight excluding hydrogens is 548 g/mol. The van der Waals surface area contributed by atoms with E-state index < -0.39 is 17.6 Å². The van der Waals surface area contributed by atoms with Gasteiger partial charge in [0.05, 0.1) is 26.4 Å². The summed E-state index contributed by atoms with van der Waals surface area (Å²) in [5.41, 5.74) is 0.964. The number of benzene rings is 2. The van der Waals surface area contributed by atoms with Gasteiger partial charge >= 0.3 is 5.97 Å². The summed E-state index contributed by atoms with van der Waals surface area (Å²) < 4.78 is 17.7. The fourth-order valence-electron chi connectivity index (χ4n) is 5.86. The van der Waals surface area contributed by atoms with Gasteiger partial charge in [-0.2, -0.15) is 0 Å². The number of likely N-dealkylation sites (tertiary alicyclic amines) is 1. The average Bonchev–Trinajstić information content (AvgIpc) is 3.60. The predicted octanol–water partition coefficient (Wildman–Crippen LogP) is 6.87. The van der Waals surface area contributed by atoms with E-state index >= 15 is 0 Å². The third-order valence-electron chi connectivity index (χ3n) is 7.77. The number of aromatic nitrogens is 1. The molecule has 1 saturated heterocycles. The molecule has 1 amide bonds. The summed E-state index contributed by atoms with van der Waals surface area (Å²) in [6.45, 7) is 13.5. The molecule has 8 heteroatoms. The maximum absolute atomic E-state index is 14.8. The molecule has 0 spiro atoms. The Kier molecular flexibility index (Phi) is 10.1. The molecule has 0 aliphatic carbocycles. The Labute approximate surface area is 254 Å². The highest BCUT2D eigenvalue weighted by atomic mass is 32.1. The van der Waals surface area contributed by atoms with E-state index in [9.17, 15) is 9.59 Å². The number of methoxy groups -OCH3 is 1. The summed E-state index contributed by atoms with van der Waals surface area (Å²) in [6, 6.07) is 15.0. The van der Waals surface area contributed by atoms with E-state index in [2.05, 4.69) is 25.8 Å². The Morgan fingerprint density at radius 1 is 1.14 bits per heavy atom. The zero-order valence-electron chi connectivity index (χ0n) is 25.9. The fourth-order valence-corrected chi connectivity index (χ4v) is 6.68. The maximum atomic E-state index is 14.8. The van der Waals surface area contributed by atoms with Gasteiger partial charge < -0.3 is 19.1 Å². The second-order valence-electron chi connectivity index (χ2n) is 12.5. The van der Waals surface area contributed by atoms with Gasteiger partial charge in [-0.1, -0.05) is 71.0 Å². The number of carbonyl (C=O) groups excluding carboxylic acids is 2. The fraction of sp³-hybridized carbons (Fsp3) is 0.500. The van der Waals surface area contributed by atoms with E-state index in [0.29, 0.717) is 37.4 Å². The third-order valence-corrected chi connectivity index (χ3v) is 8.61. The number of thiazole rings is 1. The van der Waals surface area contributed by atoms with E-state index in [-0.39, 0.29) is 29.8 Å². The Balaban J connectivity index is 1.92. The molecule has 2 heterocycles. The van der Waals surface area contributed by atoms with Gasteiger partial charge in [-0.05, 0) is 47.9 Å². The lowest BCUT2D eigenvalue weighted by atomic mass is 9.84. The Morgan fingerprint density at radius 2 is 1.88 bits per heavy atom. The van der Waals surface area contributed by atoms with Crippen molar-refractivity contribution < 1.29 is 23.8 Å². The van der Waals surface area contributed by atoms with E-state index in [1.807, 2.05) is 68.6 Å². The van der Waals surface area contributed by atoms with Crippen molar-refractivity contribution in [3.8, 4) is 5.75 Å². The molecule has 42 heavy (non-hydrogen) atoms. The van der Waals surface area contributed by atoms with Crippen LogP contribution in [0.1, 0.15) is 80.5 Å². The molecule has 0 radical (unpaired) electrons. The van der Waals surface area contributed by atoms with Crippen molar-refractivity contribution in [2.45, 2.75) is 71.4 Å². The molecule has 1 fully saturated rings. The Hall–Kier alpha value is -3.23. The number of esters is 1. The van der Waals surface area contributed by atoms with Crippen LogP contribution in [0.4, 0.5) is 0 Å². The minimum absolute atomic E-state index is 0.150. The lowest BCUT2D eigenvalue weighted by Gasteiger charge is -2.39. The lowest BCUT2D eigenvalue weighted by Crippen LogP contribution is -2.56. The molecule has 4 rings (SSSR count). The lowest BCUT2D eigenvalue weighted by molar-refractivity contribution is -0.157. The number of amides is 1. The van der Waals surface area contributed by atoms with Gasteiger partial charge in [0.25, 0.3) is 5.91 Å².